The minimum absolute atomic E-state index is 0.0747. The van der Waals surface area contributed by atoms with E-state index in [9.17, 15) is 13.2 Å². The molecular formula is C23H31F3N6O2. The molecule has 0 bridgehead atoms. The predicted octanol–water partition coefficient (Wildman–Crippen LogP) is 2.22. The largest absolute Gasteiger partial charge is 0.379 e. The average Bonchev–Trinajstić information content (AvgIpc) is 3.21. The van der Waals surface area contributed by atoms with Crippen LogP contribution in [0.1, 0.15) is 40.6 Å². The number of benzene rings is 1. The van der Waals surface area contributed by atoms with Crippen LogP contribution < -0.4 is 16.0 Å². The first-order valence-corrected chi connectivity index (χ1v) is 11.2. The summed E-state index contributed by atoms with van der Waals surface area (Å²) in [5.74, 6) is 0.791. The number of anilines is 1. The molecule has 2 aliphatic heterocycles. The fraction of sp³-hybridized carbons (Fsp3) is 0.522. The Morgan fingerprint density at radius 2 is 2.03 bits per heavy atom. The molecular weight excluding hydrogens is 449 g/mol. The van der Waals surface area contributed by atoms with Gasteiger partial charge in [-0.2, -0.15) is 0 Å². The van der Waals surface area contributed by atoms with Gasteiger partial charge in [-0.05, 0) is 7.05 Å². The summed E-state index contributed by atoms with van der Waals surface area (Å²) < 4.78 is 46.2. The lowest BCUT2D eigenvalue weighted by Gasteiger charge is -2.26. The first-order valence-electron chi connectivity index (χ1n) is 11.2. The van der Waals surface area contributed by atoms with Crippen LogP contribution in [0.5, 0.6) is 0 Å². The van der Waals surface area contributed by atoms with E-state index in [2.05, 4.69) is 20.9 Å². The van der Waals surface area contributed by atoms with Crippen LogP contribution in [0.2, 0.25) is 0 Å². The van der Waals surface area contributed by atoms with Crippen molar-refractivity contribution >= 4 is 12.6 Å². The summed E-state index contributed by atoms with van der Waals surface area (Å²) in [6.45, 7) is 7.94. The van der Waals surface area contributed by atoms with Crippen LogP contribution in [0, 0.1) is 5.82 Å². The number of hydrogen-bond acceptors (Lipinski definition) is 8. The summed E-state index contributed by atoms with van der Waals surface area (Å²) in [5.41, 5.74) is 1.54. The molecule has 1 aromatic carbocycles. The minimum Gasteiger partial charge on any atom is -0.379 e. The summed E-state index contributed by atoms with van der Waals surface area (Å²) in [4.78, 5) is 19.8. The molecule has 4 rings (SSSR count). The molecule has 1 saturated heterocycles. The number of carbonyl (C=O) groups is 1. The molecule has 1 aromatic heterocycles. The van der Waals surface area contributed by atoms with Crippen LogP contribution in [0.3, 0.4) is 0 Å². The quantitative estimate of drug-likeness (QED) is 0.422. The van der Waals surface area contributed by atoms with Crippen molar-refractivity contribution in [3.05, 3.63) is 52.2 Å². The van der Waals surface area contributed by atoms with Gasteiger partial charge in [0.2, 0.25) is 0 Å². The molecule has 2 aliphatic rings. The SMILES string of the molecule is C=O.CNCCOCCN1Cc2nc(C3CNC3)nc(NCc3cccc(C(F)F)c3F)c2C1. The molecule has 0 radical (unpaired) electrons. The van der Waals surface area contributed by atoms with E-state index in [0.717, 1.165) is 49.3 Å². The summed E-state index contributed by atoms with van der Waals surface area (Å²) in [6, 6.07) is 4.08. The highest BCUT2D eigenvalue weighted by molar-refractivity contribution is 5.49. The van der Waals surface area contributed by atoms with E-state index in [-0.39, 0.29) is 18.0 Å². The smallest absolute Gasteiger partial charge is 0.266 e. The molecule has 0 atom stereocenters. The molecule has 11 heteroatoms. The van der Waals surface area contributed by atoms with E-state index in [1.165, 1.54) is 12.1 Å². The summed E-state index contributed by atoms with van der Waals surface area (Å²) >= 11 is 0. The van der Waals surface area contributed by atoms with Gasteiger partial charge in [-0.15, -0.1) is 0 Å². The molecule has 0 unspecified atom stereocenters. The average molecular weight is 481 g/mol. The zero-order valence-corrected chi connectivity index (χ0v) is 19.2. The third-order valence-electron chi connectivity index (χ3n) is 5.85. The maximum absolute atomic E-state index is 14.5. The van der Waals surface area contributed by atoms with Crippen LogP contribution in [-0.2, 0) is 29.2 Å². The second-order valence-corrected chi connectivity index (χ2v) is 8.11. The van der Waals surface area contributed by atoms with Crippen molar-refractivity contribution < 1.29 is 22.7 Å². The molecule has 186 valence electrons. The third kappa shape index (κ3) is 6.29. The highest BCUT2D eigenvalue weighted by Crippen LogP contribution is 2.30. The Hall–Kier alpha value is -2.60. The van der Waals surface area contributed by atoms with Gasteiger partial charge in [-0.1, -0.05) is 18.2 Å². The van der Waals surface area contributed by atoms with Crippen LogP contribution >= 0.6 is 0 Å². The fourth-order valence-corrected chi connectivity index (χ4v) is 3.85. The molecule has 0 saturated carbocycles. The first-order chi connectivity index (χ1) is 16.6. The van der Waals surface area contributed by atoms with Gasteiger partial charge in [-0.3, -0.25) is 4.90 Å². The van der Waals surface area contributed by atoms with Crippen molar-refractivity contribution in [3.63, 3.8) is 0 Å². The number of carbonyl (C=O) groups excluding carboxylic acids is 1. The van der Waals surface area contributed by atoms with Gasteiger partial charge in [-0.25, -0.2) is 23.1 Å². The van der Waals surface area contributed by atoms with Crippen molar-refractivity contribution in [3.8, 4) is 0 Å². The van der Waals surface area contributed by atoms with Crippen molar-refractivity contribution in [2.75, 3.05) is 51.8 Å². The Kier molecular flexibility index (Phi) is 9.75. The van der Waals surface area contributed by atoms with Crippen LogP contribution in [0.15, 0.2) is 18.2 Å². The van der Waals surface area contributed by atoms with Crippen molar-refractivity contribution in [1.82, 2.24) is 25.5 Å². The molecule has 0 amide bonds. The van der Waals surface area contributed by atoms with Gasteiger partial charge < -0.3 is 25.5 Å². The first kappa shape index (κ1) is 26.0. The van der Waals surface area contributed by atoms with Gasteiger partial charge in [0, 0.05) is 62.9 Å². The molecule has 8 nitrogen and oxygen atoms in total. The van der Waals surface area contributed by atoms with Gasteiger partial charge in [0.1, 0.15) is 24.2 Å². The summed E-state index contributed by atoms with van der Waals surface area (Å²) in [5, 5.41) is 9.47. The maximum atomic E-state index is 14.5. The number of aromatic nitrogens is 2. The van der Waals surface area contributed by atoms with Crippen molar-refractivity contribution in [2.45, 2.75) is 32.0 Å². The fourth-order valence-electron chi connectivity index (χ4n) is 3.85. The molecule has 3 N–H and O–H groups in total. The number of fused-ring (bicyclic) bond motifs is 1. The minimum atomic E-state index is -2.85. The van der Waals surface area contributed by atoms with Crippen LogP contribution in [0.25, 0.3) is 0 Å². The predicted molar refractivity (Wildman–Crippen MR) is 122 cm³/mol. The van der Waals surface area contributed by atoms with Gasteiger partial charge in [0.25, 0.3) is 6.43 Å². The second kappa shape index (κ2) is 12.7. The second-order valence-electron chi connectivity index (χ2n) is 8.11. The normalized spacial score (nSPS) is 15.6. The summed E-state index contributed by atoms with van der Waals surface area (Å²) in [7, 11) is 1.89. The number of rotatable bonds is 11. The Bertz CT molecular complexity index is 945. The molecule has 2 aromatic rings. The van der Waals surface area contributed by atoms with E-state index >= 15 is 0 Å². The Labute approximate surface area is 197 Å². The van der Waals surface area contributed by atoms with Crippen molar-refractivity contribution in [2.24, 2.45) is 0 Å². The summed E-state index contributed by atoms with van der Waals surface area (Å²) in [6.07, 6.45) is -2.85. The Balaban J connectivity index is 0.00000158. The number of hydrogen-bond donors (Lipinski definition) is 3. The Morgan fingerprint density at radius 1 is 1.24 bits per heavy atom. The number of nitrogens with zero attached hydrogens (tertiary/aromatic N) is 3. The number of nitrogens with one attached hydrogen (secondary N) is 3. The lowest BCUT2D eigenvalue weighted by Crippen LogP contribution is -2.41. The van der Waals surface area contributed by atoms with E-state index < -0.39 is 17.8 Å². The van der Waals surface area contributed by atoms with E-state index in [0.29, 0.717) is 32.1 Å². The van der Waals surface area contributed by atoms with Crippen molar-refractivity contribution in [1.29, 1.82) is 0 Å². The molecule has 3 heterocycles. The molecule has 0 aliphatic carbocycles. The maximum Gasteiger partial charge on any atom is 0.266 e. The number of alkyl halides is 2. The van der Waals surface area contributed by atoms with Crippen LogP contribution in [0.4, 0.5) is 19.0 Å². The molecule has 0 spiro atoms. The van der Waals surface area contributed by atoms with E-state index in [4.69, 9.17) is 19.5 Å². The van der Waals surface area contributed by atoms with Gasteiger partial charge in [0.05, 0.1) is 24.5 Å². The van der Waals surface area contributed by atoms with Crippen LogP contribution in [-0.4, -0.2) is 68.1 Å². The highest BCUT2D eigenvalue weighted by atomic mass is 19.3. The molecule has 34 heavy (non-hydrogen) atoms. The molecule has 1 fully saturated rings. The lowest BCUT2D eigenvalue weighted by atomic mass is 10.0. The zero-order valence-electron chi connectivity index (χ0n) is 19.2. The lowest BCUT2D eigenvalue weighted by molar-refractivity contribution is -0.0980. The number of halogens is 3. The number of ether oxygens (including phenoxy) is 1. The van der Waals surface area contributed by atoms with Gasteiger partial charge >= 0.3 is 0 Å². The standard InChI is InChI=1S/C22H29F3N6O.CH2O/c1-26-5-7-32-8-6-31-12-17-18(13-31)29-21(15-9-27-10-15)30-22(17)28-11-14-3-2-4-16(19(14)23)20(24)25;1-2/h2-4,15,20,26-27H,5-13H2,1H3,(H,28,29,30);1H2. The highest BCUT2D eigenvalue weighted by Gasteiger charge is 2.29. The van der Waals surface area contributed by atoms with E-state index in [1.54, 1.807) is 0 Å². The zero-order chi connectivity index (χ0) is 24.5. The monoisotopic (exact) mass is 480 g/mol. The third-order valence-corrected chi connectivity index (χ3v) is 5.85. The van der Waals surface area contributed by atoms with E-state index in [1.807, 2.05) is 13.8 Å². The topological polar surface area (TPSA) is 91.4 Å². The van der Waals surface area contributed by atoms with Gasteiger partial charge in [0.15, 0.2) is 0 Å². The Morgan fingerprint density at radius 3 is 2.71 bits per heavy atom. The number of likely N-dealkylation sites (N-methyl/N-ethyl adjacent to an activating group) is 1.